The van der Waals surface area contributed by atoms with Crippen LogP contribution in [-0.2, 0) is 26.1 Å². The Kier molecular flexibility index (Phi) is 8.40. The predicted molar refractivity (Wildman–Crippen MR) is 154 cm³/mol. The molecule has 38 heavy (non-hydrogen) atoms. The molecule has 1 aliphatic heterocycles. The maximum absolute atomic E-state index is 9.91. The van der Waals surface area contributed by atoms with E-state index in [0.717, 1.165) is 47.7 Å². The lowest BCUT2D eigenvalue weighted by molar-refractivity contribution is 0.249. The number of fused-ring (bicyclic) bond motifs is 1. The summed E-state index contributed by atoms with van der Waals surface area (Å²) >= 11 is 7.88. The van der Waals surface area contributed by atoms with Crippen molar-refractivity contribution < 1.29 is 9.47 Å². The van der Waals surface area contributed by atoms with Gasteiger partial charge in [0, 0.05) is 41.3 Å². The molecule has 1 aliphatic rings. The SMILES string of the molecule is CCOc1cc(C=Nc2sc3c(c2C#N)CCN(Cc2ccccc2)C3)ccc1OCc1ccccc1Cl. The van der Waals surface area contributed by atoms with Crippen LogP contribution in [-0.4, -0.2) is 24.3 Å². The van der Waals surface area contributed by atoms with E-state index in [1.54, 1.807) is 17.6 Å². The van der Waals surface area contributed by atoms with E-state index in [1.165, 1.54) is 10.4 Å². The first-order chi connectivity index (χ1) is 18.6. The van der Waals surface area contributed by atoms with Crippen molar-refractivity contribution in [2.45, 2.75) is 33.0 Å². The van der Waals surface area contributed by atoms with E-state index in [2.05, 4.69) is 35.2 Å². The van der Waals surface area contributed by atoms with Crippen LogP contribution in [0.15, 0.2) is 77.8 Å². The average molecular weight is 542 g/mol. The molecule has 0 radical (unpaired) electrons. The first kappa shape index (κ1) is 26.0. The topological polar surface area (TPSA) is 57.8 Å². The fourth-order valence-electron chi connectivity index (χ4n) is 4.52. The second kappa shape index (κ2) is 12.3. The zero-order chi connectivity index (χ0) is 26.3. The van der Waals surface area contributed by atoms with Gasteiger partial charge in [0.05, 0.1) is 12.2 Å². The molecule has 0 spiro atoms. The van der Waals surface area contributed by atoms with E-state index in [-0.39, 0.29) is 0 Å². The van der Waals surface area contributed by atoms with Gasteiger partial charge in [-0.2, -0.15) is 5.26 Å². The molecule has 0 aliphatic carbocycles. The summed E-state index contributed by atoms with van der Waals surface area (Å²) in [5, 5.41) is 11.3. The standard InChI is InChI=1S/C31H28ClN3O2S/c1-2-36-29-16-23(12-13-28(29)37-21-24-10-6-7-11-27(24)32)18-34-31-26(17-33)25-14-15-35(20-30(25)38-31)19-22-8-4-3-5-9-22/h3-13,16,18H,2,14-15,19-21H2,1H3. The zero-order valence-corrected chi connectivity index (χ0v) is 22.8. The third-order valence-corrected chi connectivity index (χ3v) is 7.91. The lowest BCUT2D eigenvalue weighted by Crippen LogP contribution is -2.29. The van der Waals surface area contributed by atoms with Crippen molar-refractivity contribution in [1.29, 1.82) is 5.26 Å². The Morgan fingerprint density at radius 1 is 1.05 bits per heavy atom. The first-order valence-corrected chi connectivity index (χ1v) is 13.8. The molecule has 0 atom stereocenters. The Morgan fingerprint density at radius 3 is 2.66 bits per heavy atom. The summed E-state index contributed by atoms with van der Waals surface area (Å²) in [5.74, 6) is 1.29. The van der Waals surface area contributed by atoms with E-state index in [0.29, 0.717) is 35.3 Å². The van der Waals surface area contributed by atoms with Crippen LogP contribution < -0.4 is 9.47 Å². The monoisotopic (exact) mass is 541 g/mol. The minimum atomic E-state index is 0.348. The number of ether oxygens (including phenoxy) is 2. The molecule has 0 amide bonds. The molecule has 5 nitrogen and oxygen atoms in total. The van der Waals surface area contributed by atoms with Crippen molar-refractivity contribution in [2.24, 2.45) is 4.99 Å². The molecule has 2 heterocycles. The van der Waals surface area contributed by atoms with Gasteiger partial charge >= 0.3 is 0 Å². The molecular weight excluding hydrogens is 514 g/mol. The Morgan fingerprint density at radius 2 is 1.87 bits per heavy atom. The summed E-state index contributed by atoms with van der Waals surface area (Å²) in [6.07, 6.45) is 2.66. The highest BCUT2D eigenvalue weighted by Crippen LogP contribution is 2.39. The molecule has 4 aromatic rings. The van der Waals surface area contributed by atoms with E-state index < -0.39 is 0 Å². The molecule has 0 N–H and O–H groups in total. The van der Waals surface area contributed by atoms with Crippen molar-refractivity contribution >= 4 is 34.2 Å². The second-order valence-electron chi connectivity index (χ2n) is 9.02. The van der Waals surface area contributed by atoms with Gasteiger partial charge < -0.3 is 9.47 Å². The number of aliphatic imine (C=N–C) groups is 1. The molecule has 0 saturated carbocycles. The highest BCUT2D eigenvalue weighted by molar-refractivity contribution is 7.16. The Balaban J connectivity index is 1.31. The summed E-state index contributed by atoms with van der Waals surface area (Å²) in [6.45, 7) is 5.48. The number of hydrogen-bond acceptors (Lipinski definition) is 6. The lowest BCUT2D eigenvalue weighted by atomic mass is 10.0. The van der Waals surface area contributed by atoms with Gasteiger partial charge in [-0.15, -0.1) is 11.3 Å². The Hall–Kier alpha value is -3.63. The van der Waals surface area contributed by atoms with Gasteiger partial charge in [0.25, 0.3) is 0 Å². The third kappa shape index (κ3) is 6.08. The number of nitrogens with zero attached hydrogens (tertiary/aromatic N) is 3. The normalized spacial score (nSPS) is 13.3. The maximum Gasteiger partial charge on any atom is 0.161 e. The van der Waals surface area contributed by atoms with Crippen molar-refractivity contribution in [3.8, 4) is 17.6 Å². The van der Waals surface area contributed by atoms with Crippen molar-refractivity contribution in [2.75, 3.05) is 13.2 Å². The van der Waals surface area contributed by atoms with E-state index in [9.17, 15) is 5.26 Å². The van der Waals surface area contributed by atoms with Crippen LogP contribution in [0.1, 0.15) is 39.6 Å². The third-order valence-electron chi connectivity index (χ3n) is 6.42. The van der Waals surface area contributed by atoms with Crippen LogP contribution in [0.2, 0.25) is 5.02 Å². The minimum Gasteiger partial charge on any atom is -0.490 e. The van der Waals surface area contributed by atoms with E-state index in [4.69, 9.17) is 26.1 Å². The van der Waals surface area contributed by atoms with Crippen LogP contribution in [0.4, 0.5) is 5.00 Å². The van der Waals surface area contributed by atoms with Gasteiger partial charge in [0.1, 0.15) is 17.7 Å². The number of rotatable bonds is 9. The lowest BCUT2D eigenvalue weighted by Gasteiger charge is -2.26. The number of nitriles is 1. The average Bonchev–Trinajstić information content (AvgIpc) is 3.29. The number of thiophene rings is 1. The number of hydrogen-bond donors (Lipinski definition) is 0. The quantitative estimate of drug-likeness (QED) is 0.205. The van der Waals surface area contributed by atoms with Crippen molar-refractivity contribution in [3.63, 3.8) is 0 Å². The molecule has 1 aromatic heterocycles. The molecule has 0 unspecified atom stereocenters. The predicted octanol–water partition coefficient (Wildman–Crippen LogP) is 7.56. The number of halogens is 1. The van der Waals surface area contributed by atoms with Gasteiger partial charge in [0.15, 0.2) is 11.5 Å². The van der Waals surface area contributed by atoms with E-state index >= 15 is 0 Å². The summed E-state index contributed by atoms with van der Waals surface area (Å²) in [4.78, 5) is 8.40. The van der Waals surface area contributed by atoms with Gasteiger partial charge in [-0.05, 0) is 54.3 Å². The summed E-state index contributed by atoms with van der Waals surface area (Å²) < 4.78 is 11.9. The smallest absolute Gasteiger partial charge is 0.161 e. The molecule has 0 saturated heterocycles. The van der Waals surface area contributed by atoms with Crippen LogP contribution >= 0.6 is 22.9 Å². The summed E-state index contributed by atoms with van der Waals surface area (Å²) in [6, 6.07) is 26.3. The Labute approximate surface area is 232 Å². The number of benzene rings is 3. The summed E-state index contributed by atoms with van der Waals surface area (Å²) in [7, 11) is 0. The van der Waals surface area contributed by atoms with Crippen LogP contribution in [0.5, 0.6) is 11.5 Å². The fourth-order valence-corrected chi connectivity index (χ4v) is 5.90. The van der Waals surface area contributed by atoms with Crippen LogP contribution in [0.25, 0.3) is 0 Å². The highest BCUT2D eigenvalue weighted by Gasteiger charge is 2.24. The van der Waals surface area contributed by atoms with Gasteiger partial charge in [-0.25, -0.2) is 4.99 Å². The molecular formula is C31H28ClN3O2S. The van der Waals surface area contributed by atoms with Crippen molar-refractivity contribution in [3.05, 3.63) is 111 Å². The fraction of sp³-hybridized carbons (Fsp3) is 0.226. The molecule has 7 heteroatoms. The Bertz CT molecular complexity index is 1480. The van der Waals surface area contributed by atoms with Gasteiger partial charge in [-0.1, -0.05) is 60.1 Å². The molecule has 0 fully saturated rings. The summed E-state index contributed by atoms with van der Waals surface area (Å²) in [5.41, 5.74) is 4.93. The molecule has 5 rings (SSSR count). The molecule has 3 aromatic carbocycles. The van der Waals surface area contributed by atoms with Crippen LogP contribution in [0, 0.1) is 11.3 Å². The van der Waals surface area contributed by atoms with Gasteiger partial charge in [-0.3, -0.25) is 4.90 Å². The van der Waals surface area contributed by atoms with E-state index in [1.807, 2.05) is 55.5 Å². The van der Waals surface area contributed by atoms with Gasteiger partial charge in [0.2, 0.25) is 0 Å². The highest BCUT2D eigenvalue weighted by atomic mass is 35.5. The molecule has 0 bridgehead atoms. The molecule has 192 valence electrons. The second-order valence-corrected chi connectivity index (χ2v) is 10.5. The zero-order valence-electron chi connectivity index (χ0n) is 21.2. The maximum atomic E-state index is 9.91. The van der Waals surface area contributed by atoms with Crippen LogP contribution in [0.3, 0.4) is 0 Å². The largest absolute Gasteiger partial charge is 0.490 e. The first-order valence-electron chi connectivity index (χ1n) is 12.6. The minimum absolute atomic E-state index is 0.348. The van der Waals surface area contributed by atoms with Crippen molar-refractivity contribution in [1.82, 2.24) is 4.90 Å².